The van der Waals surface area contributed by atoms with E-state index in [1.54, 1.807) is 0 Å². The molecule has 1 aliphatic heterocycles. The van der Waals surface area contributed by atoms with Crippen LogP contribution in [0.3, 0.4) is 0 Å². The molecule has 2 saturated carbocycles. The summed E-state index contributed by atoms with van der Waals surface area (Å²) in [6.07, 6.45) is 6.71. The lowest BCUT2D eigenvalue weighted by molar-refractivity contribution is -0.106. The SMILES string of the molecule is CN=C(NC1CCC(C)(C)CC1)NC1C2CCOC2C1(C)C. The molecule has 2 aliphatic carbocycles. The van der Waals surface area contributed by atoms with Gasteiger partial charge in [0.2, 0.25) is 0 Å². The molecule has 4 nitrogen and oxygen atoms in total. The quantitative estimate of drug-likeness (QED) is 0.609. The summed E-state index contributed by atoms with van der Waals surface area (Å²) in [6.45, 7) is 10.3. The van der Waals surface area contributed by atoms with Crippen molar-refractivity contribution in [2.24, 2.45) is 21.7 Å². The lowest BCUT2D eigenvalue weighted by Crippen LogP contribution is -2.68. The summed E-state index contributed by atoms with van der Waals surface area (Å²) in [7, 11) is 1.89. The first-order valence-corrected chi connectivity index (χ1v) is 8.95. The number of nitrogens with zero attached hydrogens (tertiary/aromatic N) is 1. The maximum atomic E-state index is 5.89. The Morgan fingerprint density at radius 2 is 1.73 bits per heavy atom. The third kappa shape index (κ3) is 2.86. The molecule has 0 aromatic carbocycles. The zero-order valence-corrected chi connectivity index (χ0v) is 14.9. The van der Waals surface area contributed by atoms with Crippen LogP contribution in [-0.2, 0) is 4.74 Å². The van der Waals surface area contributed by atoms with E-state index in [-0.39, 0.29) is 5.41 Å². The van der Waals surface area contributed by atoms with Gasteiger partial charge in [0.05, 0.1) is 6.10 Å². The van der Waals surface area contributed by atoms with Crippen LogP contribution in [0.5, 0.6) is 0 Å². The maximum Gasteiger partial charge on any atom is 0.191 e. The molecule has 0 spiro atoms. The Kier molecular flexibility index (Phi) is 4.17. The molecule has 0 aromatic rings. The molecule has 1 saturated heterocycles. The third-order valence-corrected chi connectivity index (χ3v) is 6.30. The molecule has 0 radical (unpaired) electrons. The van der Waals surface area contributed by atoms with Gasteiger partial charge in [0.1, 0.15) is 0 Å². The first-order chi connectivity index (χ1) is 10.3. The van der Waals surface area contributed by atoms with Crippen molar-refractivity contribution < 1.29 is 4.74 Å². The van der Waals surface area contributed by atoms with Crippen LogP contribution in [0.15, 0.2) is 4.99 Å². The van der Waals surface area contributed by atoms with Crippen LogP contribution in [0.2, 0.25) is 0 Å². The van der Waals surface area contributed by atoms with E-state index in [9.17, 15) is 0 Å². The zero-order chi connectivity index (χ0) is 16.0. The normalized spacial score (nSPS) is 37.3. The smallest absolute Gasteiger partial charge is 0.191 e. The van der Waals surface area contributed by atoms with Gasteiger partial charge in [-0.2, -0.15) is 0 Å². The standard InChI is InChI=1S/C18H33N3O/c1-17(2)9-6-12(7-10-17)20-16(19-5)21-14-13-8-11-22-15(13)18(14,3)4/h12-15H,6-11H2,1-5H3,(H2,19,20,21). The van der Waals surface area contributed by atoms with Crippen molar-refractivity contribution in [3.8, 4) is 0 Å². The van der Waals surface area contributed by atoms with E-state index in [1.165, 1.54) is 32.1 Å². The molecule has 2 N–H and O–H groups in total. The van der Waals surface area contributed by atoms with Gasteiger partial charge in [-0.1, -0.05) is 27.7 Å². The summed E-state index contributed by atoms with van der Waals surface area (Å²) in [6, 6.07) is 1.05. The van der Waals surface area contributed by atoms with Crippen LogP contribution in [0, 0.1) is 16.7 Å². The van der Waals surface area contributed by atoms with Gasteiger partial charge in [-0.15, -0.1) is 0 Å². The Bertz CT molecular complexity index is 434. The molecule has 22 heavy (non-hydrogen) atoms. The fraction of sp³-hybridized carbons (Fsp3) is 0.944. The highest BCUT2D eigenvalue weighted by molar-refractivity contribution is 5.80. The van der Waals surface area contributed by atoms with Gasteiger partial charge in [-0.05, 0) is 37.5 Å². The Morgan fingerprint density at radius 3 is 2.36 bits per heavy atom. The van der Waals surface area contributed by atoms with Crippen LogP contribution in [0.4, 0.5) is 0 Å². The summed E-state index contributed by atoms with van der Waals surface area (Å²) >= 11 is 0. The topological polar surface area (TPSA) is 45.7 Å². The molecule has 0 bridgehead atoms. The van der Waals surface area contributed by atoms with Gasteiger partial charge < -0.3 is 15.4 Å². The van der Waals surface area contributed by atoms with E-state index in [4.69, 9.17) is 4.74 Å². The van der Waals surface area contributed by atoms with Crippen molar-refractivity contribution >= 4 is 5.96 Å². The predicted molar refractivity (Wildman–Crippen MR) is 91.1 cm³/mol. The first-order valence-electron chi connectivity index (χ1n) is 8.95. The number of guanidine groups is 1. The molecule has 3 unspecified atom stereocenters. The molecule has 3 atom stereocenters. The van der Waals surface area contributed by atoms with E-state index in [2.05, 4.69) is 43.3 Å². The fourth-order valence-electron chi connectivity index (χ4n) is 4.67. The van der Waals surface area contributed by atoms with Crippen LogP contribution >= 0.6 is 0 Å². The largest absolute Gasteiger partial charge is 0.377 e. The van der Waals surface area contributed by atoms with Gasteiger partial charge >= 0.3 is 0 Å². The Labute approximate surface area is 135 Å². The molecule has 3 aliphatic rings. The molecular weight excluding hydrogens is 274 g/mol. The Morgan fingerprint density at radius 1 is 1.05 bits per heavy atom. The summed E-state index contributed by atoms with van der Waals surface area (Å²) in [5, 5.41) is 7.35. The van der Waals surface area contributed by atoms with Crippen LogP contribution < -0.4 is 10.6 Å². The number of fused-ring (bicyclic) bond motifs is 1. The van der Waals surface area contributed by atoms with Crippen LogP contribution in [0.1, 0.15) is 59.8 Å². The minimum absolute atomic E-state index is 0.202. The number of rotatable bonds is 2. The third-order valence-electron chi connectivity index (χ3n) is 6.30. The lowest BCUT2D eigenvalue weighted by atomic mass is 9.57. The molecule has 3 fully saturated rings. The minimum Gasteiger partial charge on any atom is -0.377 e. The van der Waals surface area contributed by atoms with Crippen molar-refractivity contribution in [2.75, 3.05) is 13.7 Å². The summed E-state index contributed by atoms with van der Waals surface area (Å²) in [4.78, 5) is 4.47. The number of nitrogens with one attached hydrogen (secondary N) is 2. The number of aliphatic imine (C=N–C) groups is 1. The summed E-state index contributed by atoms with van der Waals surface area (Å²) in [5.41, 5.74) is 0.715. The molecule has 3 rings (SSSR count). The van der Waals surface area contributed by atoms with Crippen molar-refractivity contribution in [3.63, 3.8) is 0 Å². The van der Waals surface area contributed by atoms with E-state index in [0.717, 1.165) is 12.6 Å². The lowest BCUT2D eigenvalue weighted by Gasteiger charge is -2.55. The molecule has 126 valence electrons. The highest BCUT2D eigenvalue weighted by atomic mass is 16.5. The van der Waals surface area contributed by atoms with Crippen molar-refractivity contribution in [1.29, 1.82) is 0 Å². The summed E-state index contributed by atoms with van der Waals surface area (Å²) < 4.78 is 5.89. The molecule has 0 amide bonds. The average Bonchev–Trinajstić information content (AvgIpc) is 2.92. The highest BCUT2D eigenvalue weighted by Gasteiger charge is 2.59. The monoisotopic (exact) mass is 307 g/mol. The minimum atomic E-state index is 0.202. The van der Waals surface area contributed by atoms with Gasteiger partial charge in [0.15, 0.2) is 5.96 Å². The van der Waals surface area contributed by atoms with Crippen molar-refractivity contribution in [1.82, 2.24) is 10.6 Å². The van der Waals surface area contributed by atoms with Crippen LogP contribution in [-0.4, -0.2) is 37.8 Å². The van der Waals surface area contributed by atoms with Gasteiger partial charge in [0.25, 0.3) is 0 Å². The Balaban J connectivity index is 1.55. The second kappa shape index (κ2) is 5.70. The maximum absolute atomic E-state index is 5.89. The Hall–Kier alpha value is -0.770. The molecule has 1 heterocycles. The number of hydrogen-bond acceptors (Lipinski definition) is 2. The van der Waals surface area contributed by atoms with E-state index in [1.807, 2.05) is 7.05 Å². The van der Waals surface area contributed by atoms with Gasteiger partial charge in [-0.3, -0.25) is 4.99 Å². The van der Waals surface area contributed by atoms with Gasteiger partial charge in [0, 0.05) is 37.1 Å². The fourth-order valence-corrected chi connectivity index (χ4v) is 4.67. The van der Waals surface area contributed by atoms with E-state index in [0.29, 0.717) is 29.5 Å². The highest BCUT2D eigenvalue weighted by Crippen LogP contribution is 2.52. The van der Waals surface area contributed by atoms with Crippen molar-refractivity contribution in [3.05, 3.63) is 0 Å². The van der Waals surface area contributed by atoms with E-state index < -0.39 is 0 Å². The predicted octanol–water partition coefficient (Wildman–Crippen LogP) is 2.93. The second-order valence-electron chi connectivity index (χ2n) is 8.84. The zero-order valence-electron chi connectivity index (χ0n) is 14.9. The summed E-state index contributed by atoms with van der Waals surface area (Å²) in [5.74, 6) is 1.63. The van der Waals surface area contributed by atoms with E-state index >= 15 is 0 Å². The molecular formula is C18H33N3O. The first kappa shape index (κ1) is 16.1. The number of hydrogen-bond donors (Lipinski definition) is 2. The van der Waals surface area contributed by atoms with Gasteiger partial charge in [-0.25, -0.2) is 0 Å². The molecule has 0 aromatic heterocycles. The van der Waals surface area contributed by atoms with Crippen LogP contribution in [0.25, 0.3) is 0 Å². The van der Waals surface area contributed by atoms with Crippen molar-refractivity contribution in [2.45, 2.75) is 78.0 Å². The number of ether oxygens (including phenoxy) is 1. The average molecular weight is 307 g/mol. The molecule has 4 heteroatoms. The second-order valence-corrected chi connectivity index (χ2v) is 8.84.